The van der Waals surface area contributed by atoms with E-state index < -0.39 is 0 Å². The van der Waals surface area contributed by atoms with Crippen LogP contribution in [-0.2, 0) is 7.05 Å². The fourth-order valence-corrected chi connectivity index (χ4v) is 3.42. The van der Waals surface area contributed by atoms with Gasteiger partial charge in [-0.05, 0) is 37.3 Å². The number of aliphatic hydroxyl groups excluding tert-OH is 1. The zero-order chi connectivity index (χ0) is 16.6. The van der Waals surface area contributed by atoms with Gasteiger partial charge in [-0.1, -0.05) is 23.7 Å². The van der Waals surface area contributed by atoms with E-state index in [1.165, 1.54) is 0 Å². The number of amides is 1. The number of benzene rings is 1. The molecule has 5 nitrogen and oxygen atoms in total. The number of aliphatic hydroxyl groups is 1. The zero-order valence-electron chi connectivity index (χ0n) is 13.2. The van der Waals surface area contributed by atoms with Gasteiger partial charge in [-0.25, -0.2) is 0 Å². The monoisotopic (exact) mass is 333 g/mol. The summed E-state index contributed by atoms with van der Waals surface area (Å²) >= 11 is 6.19. The standard InChI is InChI=1S/C17H20ClN3O2/c1-10-4-3-5-14(18)15(10)17(23)20-16(11-6-13(22)7-11)12-8-19-21(2)9-12/h3-5,8-9,11,13,16,22H,6-7H2,1-2H3,(H,20,23). The van der Waals surface area contributed by atoms with Gasteiger partial charge in [0.25, 0.3) is 5.91 Å². The number of carbonyl (C=O) groups excluding carboxylic acids is 1. The van der Waals surface area contributed by atoms with E-state index in [9.17, 15) is 9.90 Å². The molecule has 1 amide bonds. The third-order valence-electron chi connectivity index (χ3n) is 4.44. The van der Waals surface area contributed by atoms with Crippen LogP contribution in [0, 0.1) is 12.8 Å². The molecule has 0 aliphatic heterocycles. The molecule has 0 radical (unpaired) electrons. The van der Waals surface area contributed by atoms with E-state index in [0.29, 0.717) is 23.4 Å². The lowest BCUT2D eigenvalue weighted by molar-refractivity contribution is 0.0235. The highest BCUT2D eigenvalue weighted by atomic mass is 35.5. The smallest absolute Gasteiger partial charge is 0.253 e. The van der Waals surface area contributed by atoms with Crippen LogP contribution in [0.2, 0.25) is 5.02 Å². The van der Waals surface area contributed by atoms with Crippen LogP contribution in [0.25, 0.3) is 0 Å². The molecule has 2 aromatic rings. The highest BCUT2D eigenvalue weighted by Gasteiger charge is 2.36. The van der Waals surface area contributed by atoms with Crippen LogP contribution in [0.5, 0.6) is 0 Å². The van der Waals surface area contributed by atoms with Crippen molar-refractivity contribution in [3.63, 3.8) is 0 Å². The van der Waals surface area contributed by atoms with E-state index in [1.807, 2.05) is 32.3 Å². The van der Waals surface area contributed by atoms with E-state index in [1.54, 1.807) is 16.9 Å². The molecule has 1 aliphatic carbocycles. The molecule has 122 valence electrons. The predicted octanol–water partition coefficient (Wildman–Crippen LogP) is 2.62. The summed E-state index contributed by atoms with van der Waals surface area (Å²) in [5, 5.41) is 17.3. The summed E-state index contributed by atoms with van der Waals surface area (Å²) < 4.78 is 1.71. The van der Waals surface area contributed by atoms with Gasteiger partial charge in [0.2, 0.25) is 0 Å². The first kappa shape index (κ1) is 16.0. The number of aryl methyl sites for hydroxylation is 2. The number of aromatic nitrogens is 2. The van der Waals surface area contributed by atoms with E-state index in [0.717, 1.165) is 11.1 Å². The van der Waals surface area contributed by atoms with Crippen molar-refractivity contribution in [2.75, 3.05) is 0 Å². The molecule has 1 saturated carbocycles. The first-order chi connectivity index (χ1) is 11.0. The third-order valence-corrected chi connectivity index (χ3v) is 4.76. The SMILES string of the molecule is Cc1cccc(Cl)c1C(=O)NC(c1cnn(C)c1)C1CC(O)C1. The largest absolute Gasteiger partial charge is 0.393 e. The average molecular weight is 334 g/mol. The summed E-state index contributed by atoms with van der Waals surface area (Å²) in [6, 6.07) is 5.24. The van der Waals surface area contributed by atoms with Crippen LogP contribution in [0.1, 0.15) is 40.4 Å². The second-order valence-electron chi connectivity index (χ2n) is 6.22. The summed E-state index contributed by atoms with van der Waals surface area (Å²) in [7, 11) is 1.84. The van der Waals surface area contributed by atoms with Gasteiger partial charge in [-0.3, -0.25) is 9.48 Å². The molecule has 1 aromatic carbocycles. The maximum atomic E-state index is 12.7. The number of nitrogens with zero attached hydrogens (tertiary/aromatic N) is 2. The average Bonchev–Trinajstić information content (AvgIpc) is 2.88. The van der Waals surface area contributed by atoms with Crippen LogP contribution < -0.4 is 5.32 Å². The Balaban J connectivity index is 1.85. The Hall–Kier alpha value is -1.85. The fourth-order valence-electron chi connectivity index (χ4n) is 3.11. The number of nitrogens with one attached hydrogen (secondary N) is 1. The van der Waals surface area contributed by atoms with E-state index in [-0.39, 0.29) is 24.0 Å². The molecule has 1 atom stereocenters. The van der Waals surface area contributed by atoms with Gasteiger partial charge in [-0.15, -0.1) is 0 Å². The quantitative estimate of drug-likeness (QED) is 0.903. The van der Waals surface area contributed by atoms with Crippen molar-refractivity contribution in [2.24, 2.45) is 13.0 Å². The Morgan fingerprint density at radius 2 is 2.22 bits per heavy atom. The van der Waals surface area contributed by atoms with Gasteiger partial charge in [-0.2, -0.15) is 5.10 Å². The highest BCUT2D eigenvalue weighted by molar-refractivity contribution is 6.34. The molecule has 1 aromatic heterocycles. The van der Waals surface area contributed by atoms with Crippen molar-refractivity contribution in [2.45, 2.75) is 31.9 Å². The van der Waals surface area contributed by atoms with E-state index in [2.05, 4.69) is 10.4 Å². The molecule has 0 spiro atoms. The van der Waals surface area contributed by atoms with Gasteiger partial charge < -0.3 is 10.4 Å². The van der Waals surface area contributed by atoms with Crippen molar-refractivity contribution >= 4 is 17.5 Å². The van der Waals surface area contributed by atoms with Crippen LogP contribution in [0.4, 0.5) is 0 Å². The molecular weight excluding hydrogens is 314 g/mol. The van der Waals surface area contributed by atoms with Gasteiger partial charge in [0.05, 0.1) is 28.9 Å². The number of carbonyl (C=O) groups is 1. The van der Waals surface area contributed by atoms with Crippen LogP contribution in [0.3, 0.4) is 0 Å². The van der Waals surface area contributed by atoms with Gasteiger partial charge in [0, 0.05) is 18.8 Å². The van der Waals surface area contributed by atoms with Gasteiger partial charge in [0.15, 0.2) is 0 Å². The van der Waals surface area contributed by atoms with Crippen molar-refractivity contribution in [3.05, 3.63) is 52.3 Å². The van der Waals surface area contributed by atoms with E-state index >= 15 is 0 Å². The first-order valence-corrected chi connectivity index (χ1v) is 8.06. The number of halogens is 1. The fraction of sp³-hybridized carbons (Fsp3) is 0.412. The molecule has 0 bridgehead atoms. The lowest BCUT2D eigenvalue weighted by atomic mass is 9.75. The number of hydrogen-bond acceptors (Lipinski definition) is 3. The topological polar surface area (TPSA) is 67.2 Å². The second kappa shape index (κ2) is 6.34. The minimum Gasteiger partial charge on any atom is -0.393 e. The summed E-state index contributed by atoms with van der Waals surface area (Å²) in [6.07, 6.45) is 4.74. The van der Waals surface area contributed by atoms with Crippen molar-refractivity contribution in [1.82, 2.24) is 15.1 Å². The maximum Gasteiger partial charge on any atom is 0.253 e. The van der Waals surface area contributed by atoms with Gasteiger partial charge in [0.1, 0.15) is 0 Å². The minimum atomic E-state index is -0.280. The Labute approximate surface area is 140 Å². The molecule has 1 unspecified atom stereocenters. The van der Waals surface area contributed by atoms with Crippen LogP contribution >= 0.6 is 11.6 Å². The Morgan fingerprint density at radius 3 is 2.78 bits per heavy atom. The van der Waals surface area contributed by atoms with Crippen molar-refractivity contribution in [1.29, 1.82) is 0 Å². The summed E-state index contributed by atoms with van der Waals surface area (Å²) in [6.45, 7) is 1.87. The van der Waals surface area contributed by atoms with Crippen molar-refractivity contribution < 1.29 is 9.90 Å². The Kier molecular flexibility index (Phi) is 4.41. The second-order valence-corrected chi connectivity index (χ2v) is 6.62. The normalized spacial score (nSPS) is 21.6. The van der Waals surface area contributed by atoms with Crippen LogP contribution in [0.15, 0.2) is 30.6 Å². The van der Waals surface area contributed by atoms with Crippen molar-refractivity contribution in [3.8, 4) is 0 Å². The summed E-state index contributed by atoms with van der Waals surface area (Å²) in [4.78, 5) is 12.7. The Bertz CT molecular complexity index is 702. The lowest BCUT2D eigenvalue weighted by Crippen LogP contribution is -2.41. The highest BCUT2D eigenvalue weighted by Crippen LogP contribution is 2.38. The van der Waals surface area contributed by atoms with Crippen LogP contribution in [-0.4, -0.2) is 26.9 Å². The molecule has 3 rings (SSSR count). The zero-order valence-corrected chi connectivity index (χ0v) is 13.9. The third kappa shape index (κ3) is 3.26. The predicted molar refractivity (Wildman–Crippen MR) is 88.3 cm³/mol. The molecule has 1 aliphatic rings. The molecule has 23 heavy (non-hydrogen) atoms. The Morgan fingerprint density at radius 1 is 1.48 bits per heavy atom. The molecule has 1 heterocycles. The maximum absolute atomic E-state index is 12.7. The molecule has 1 fully saturated rings. The number of rotatable bonds is 4. The van der Waals surface area contributed by atoms with Gasteiger partial charge >= 0.3 is 0 Å². The minimum absolute atomic E-state index is 0.171. The van der Waals surface area contributed by atoms with E-state index in [4.69, 9.17) is 11.6 Å². The lowest BCUT2D eigenvalue weighted by Gasteiger charge is -2.37. The summed E-state index contributed by atoms with van der Waals surface area (Å²) in [5.74, 6) is 0.0179. The number of hydrogen-bond donors (Lipinski definition) is 2. The molecule has 2 N–H and O–H groups in total. The first-order valence-electron chi connectivity index (χ1n) is 7.68. The molecule has 0 saturated heterocycles. The molecule has 6 heteroatoms. The summed E-state index contributed by atoms with van der Waals surface area (Å²) in [5.41, 5.74) is 2.29. The molecular formula is C17H20ClN3O2.